The maximum absolute atomic E-state index is 5.97. The van der Waals surface area contributed by atoms with Gasteiger partial charge in [-0.2, -0.15) is 10.1 Å². The summed E-state index contributed by atoms with van der Waals surface area (Å²) >= 11 is 11.8. The van der Waals surface area contributed by atoms with Gasteiger partial charge < -0.3 is 15.4 Å². The van der Waals surface area contributed by atoms with Crippen LogP contribution in [0, 0.1) is 0 Å². The van der Waals surface area contributed by atoms with Gasteiger partial charge in [-0.25, -0.2) is 0 Å². The average Bonchev–Trinajstić information content (AvgIpc) is 2.48. The van der Waals surface area contributed by atoms with Gasteiger partial charge in [0.05, 0.1) is 16.2 Å². The highest BCUT2D eigenvalue weighted by Gasteiger charge is 2.03. The molecule has 1 heterocycles. The second-order valence-electron chi connectivity index (χ2n) is 4.19. The molecule has 0 spiro atoms. The lowest BCUT2D eigenvalue weighted by Crippen LogP contribution is -2.09. The third kappa shape index (κ3) is 5.00. The number of aromatic nitrogens is 3. The Morgan fingerprint density at radius 2 is 2.10 bits per heavy atom. The van der Waals surface area contributed by atoms with Crippen molar-refractivity contribution in [1.82, 2.24) is 15.2 Å². The van der Waals surface area contributed by atoms with Crippen LogP contribution in [0.25, 0.3) is 0 Å². The monoisotopic (exact) mass is 327 g/mol. The fraction of sp³-hybridized carbons (Fsp3) is 0.308. The standard InChI is InChI=1S/C13H15Cl2N5O/c1-21-6-2-5-16-13-19-12(8-17-20-13)18-9-3-4-10(14)11(15)7-9/h3-4,7-8H,2,5-6H2,1H3,(H2,16,18,19,20). The van der Waals surface area contributed by atoms with E-state index in [-0.39, 0.29) is 0 Å². The molecule has 21 heavy (non-hydrogen) atoms. The van der Waals surface area contributed by atoms with Crippen LogP contribution < -0.4 is 10.6 Å². The van der Waals surface area contributed by atoms with E-state index >= 15 is 0 Å². The Bertz CT molecular complexity index is 597. The fourth-order valence-electron chi connectivity index (χ4n) is 1.58. The van der Waals surface area contributed by atoms with E-state index in [9.17, 15) is 0 Å². The van der Waals surface area contributed by atoms with Gasteiger partial charge in [0, 0.05) is 25.9 Å². The first-order valence-electron chi connectivity index (χ1n) is 6.33. The Hall–Kier alpha value is -1.63. The predicted molar refractivity (Wildman–Crippen MR) is 84.6 cm³/mol. The molecule has 6 nitrogen and oxygen atoms in total. The highest BCUT2D eigenvalue weighted by molar-refractivity contribution is 6.42. The van der Waals surface area contributed by atoms with Gasteiger partial charge >= 0.3 is 0 Å². The molecular weight excluding hydrogens is 313 g/mol. The van der Waals surface area contributed by atoms with Crippen LogP contribution in [0.15, 0.2) is 24.4 Å². The topological polar surface area (TPSA) is 72.0 Å². The smallest absolute Gasteiger partial charge is 0.244 e. The van der Waals surface area contributed by atoms with Crippen LogP contribution in [0.5, 0.6) is 0 Å². The molecule has 0 fully saturated rings. The third-order valence-electron chi connectivity index (χ3n) is 2.56. The average molecular weight is 328 g/mol. The molecule has 0 atom stereocenters. The quantitative estimate of drug-likeness (QED) is 0.759. The molecule has 2 N–H and O–H groups in total. The molecule has 0 aliphatic rings. The predicted octanol–water partition coefficient (Wildman–Crippen LogP) is 3.37. The summed E-state index contributed by atoms with van der Waals surface area (Å²) in [5, 5.41) is 14.9. The first-order chi connectivity index (χ1) is 10.2. The van der Waals surface area contributed by atoms with Crippen molar-refractivity contribution in [1.29, 1.82) is 0 Å². The van der Waals surface area contributed by atoms with E-state index in [1.54, 1.807) is 19.2 Å². The van der Waals surface area contributed by atoms with E-state index in [0.717, 1.165) is 12.1 Å². The molecule has 1 aromatic heterocycles. The Balaban J connectivity index is 1.98. The summed E-state index contributed by atoms with van der Waals surface area (Å²) in [6.07, 6.45) is 2.40. The van der Waals surface area contributed by atoms with Crippen molar-refractivity contribution in [2.75, 3.05) is 30.9 Å². The number of ether oxygens (including phenoxy) is 1. The van der Waals surface area contributed by atoms with Crippen LogP contribution in [0.3, 0.4) is 0 Å². The van der Waals surface area contributed by atoms with Crippen LogP contribution in [0.1, 0.15) is 6.42 Å². The minimum absolute atomic E-state index is 0.455. The van der Waals surface area contributed by atoms with Crippen molar-refractivity contribution in [2.45, 2.75) is 6.42 Å². The van der Waals surface area contributed by atoms with Gasteiger partial charge in [-0.1, -0.05) is 23.2 Å². The zero-order valence-corrected chi connectivity index (χ0v) is 12.9. The molecule has 0 saturated heterocycles. The molecule has 0 aliphatic carbocycles. The lowest BCUT2D eigenvalue weighted by molar-refractivity contribution is 0.197. The molecule has 2 rings (SSSR count). The fourth-order valence-corrected chi connectivity index (χ4v) is 1.88. The number of hydrogen-bond acceptors (Lipinski definition) is 6. The minimum Gasteiger partial charge on any atom is -0.385 e. The van der Waals surface area contributed by atoms with Gasteiger partial charge in [0.2, 0.25) is 5.95 Å². The van der Waals surface area contributed by atoms with Crippen molar-refractivity contribution in [3.05, 3.63) is 34.4 Å². The molecule has 0 saturated carbocycles. The number of methoxy groups -OCH3 is 1. The van der Waals surface area contributed by atoms with Gasteiger partial charge in [-0.15, -0.1) is 5.10 Å². The number of anilines is 3. The van der Waals surface area contributed by atoms with E-state index in [2.05, 4.69) is 25.8 Å². The molecule has 0 radical (unpaired) electrons. The first kappa shape index (κ1) is 15.8. The zero-order chi connectivity index (χ0) is 15.1. The zero-order valence-electron chi connectivity index (χ0n) is 11.4. The molecule has 1 aromatic carbocycles. The van der Waals surface area contributed by atoms with Gasteiger partial charge in [0.15, 0.2) is 5.82 Å². The van der Waals surface area contributed by atoms with Crippen LogP contribution >= 0.6 is 23.2 Å². The number of rotatable bonds is 7. The normalized spacial score (nSPS) is 10.4. The molecule has 0 amide bonds. The molecule has 2 aromatic rings. The summed E-state index contributed by atoms with van der Waals surface area (Å²) < 4.78 is 4.97. The van der Waals surface area contributed by atoms with Gasteiger partial charge in [-0.3, -0.25) is 0 Å². The Morgan fingerprint density at radius 3 is 2.86 bits per heavy atom. The van der Waals surface area contributed by atoms with Crippen LogP contribution in [-0.4, -0.2) is 35.4 Å². The van der Waals surface area contributed by atoms with Gasteiger partial charge in [-0.05, 0) is 24.6 Å². The van der Waals surface area contributed by atoms with Crippen molar-refractivity contribution in [3.63, 3.8) is 0 Å². The van der Waals surface area contributed by atoms with E-state index in [0.29, 0.717) is 35.0 Å². The summed E-state index contributed by atoms with van der Waals surface area (Å²) in [5.74, 6) is 1.02. The van der Waals surface area contributed by atoms with Crippen molar-refractivity contribution >= 4 is 40.7 Å². The second kappa shape index (κ2) is 7.97. The number of nitrogens with zero attached hydrogens (tertiary/aromatic N) is 3. The van der Waals surface area contributed by atoms with Crippen LogP contribution in [-0.2, 0) is 4.74 Å². The van der Waals surface area contributed by atoms with Gasteiger partial charge in [0.1, 0.15) is 0 Å². The van der Waals surface area contributed by atoms with Crippen molar-refractivity contribution in [2.24, 2.45) is 0 Å². The molecule has 112 valence electrons. The number of nitrogens with one attached hydrogen (secondary N) is 2. The largest absolute Gasteiger partial charge is 0.385 e. The van der Waals surface area contributed by atoms with E-state index in [1.807, 2.05) is 6.07 Å². The summed E-state index contributed by atoms with van der Waals surface area (Å²) in [6, 6.07) is 5.24. The highest BCUT2D eigenvalue weighted by Crippen LogP contribution is 2.26. The van der Waals surface area contributed by atoms with Crippen molar-refractivity contribution in [3.8, 4) is 0 Å². The number of benzene rings is 1. The molecule has 0 unspecified atom stereocenters. The number of hydrogen-bond donors (Lipinski definition) is 2. The SMILES string of the molecule is COCCCNc1nncc(Nc2ccc(Cl)c(Cl)c2)n1. The lowest BCUT2D eigenvalue weighted by atomic mass is 10.3. The van der Waals surface area contributed by atoms with Crippen LogP contribution in [0.4, 0.5) is 17.5 Å². The van der Waals surface area contributed by atoms with Crippen molar-refractivity contribution < 1.29 is 4.74 Å². The van der Waals surface area contributed by atoms with E-state index in [4.69, 9.17) is 27.9 Å². The minimum atomic E-state index is 0.455. The Labute approximate surface area is 132 Å². The third-order valence-corrected chi connectivity index (χ3v) is 3.30. The maximum atomic E-state index is 5.97. The molecular formula is C13H15Cl2N5O. The Morgan fingerprint density at radius 1 is 1.24 bits per heavy atom. The van der Waals surface area contributed by atoms with Gasteiger partial charge in [0.25, 0.3) is 0 Å². The second-order valence-corrected chi connectivity index (χ2v) is 5.01. The summed E-state index contributed by atoms with van der Waals surface area (Å²) in [7, 11) is 1.67. The Kier molecular flexibility index (Phi) is 5.98. The summed E-state index contributed by atoms with van der Waals surface area (Å²) in [4.78, 5) is 4.31. The molecule has 0 aliphatic heterocycles. The summed E-state index contributed by atoms with van der Waals surface area (Å²) in [5.41, 5.74) is 0.773. The summed E-state index contributed by atoms with van der Waals surface area (Å²) in [6.45, 7) is 1.40. The van der Waals surface area contributed by atoms with Crippen LogP contribution in [0.2, 0.25) is 10.0 Å². The van der Waals surface area contributed by atoms with E-state index in [1.165, 1.54) is 6.20 Å². The first-order valence-corrected chi connectivity index (χ1v) is 7.09. The maximum Gasteiger partial charge on any atom is 0.244 e. The lowest BCUT2D eigenvalue weighted by Gasteiger charge is -2.08. The number of halogens is 2. The highest BCUT2D eigenvalue weighted by atomic mass is 35.5. The molecule has 8 heteroatoms. The molecule has 0 bridgehead atoms. The van der Waals surface area contributed by atoms with E-state index < -0.39 is 0 Å².